The van der Waals surface area contributed by atoms with Crippen molar-refractivity contribution in [3.63, 3.8) is 0 Å². The summed E-state index contributed by atoms with van der Waals surface area (Å²) in [6.45, 7) is 2.28. The normalized spacial score (nSPS) is 23.6. The summed E-state index contributed by atoms with van der Waals surface area (Å²) in [5, 5.41) is 2.92. The van der Waals surface area contributed by atoms with Crippen LogP contribution in [0.25, 0.3) is 0 Å². The predicted molar refractivity (Wildman–Crippen MR) is 91.2 cm³/mol. The van der Waals surface area contributed by atoms with E-state index >= 15 is 0 Å². The number of amides is 2. The lowest BCUT2D eigenvalue weighted by Crippen LogP contribution is -2.30. The molecule has 1 aliphatic heterocycles. The monoisotopic (exact) mass is 350 g/mol. The first kappa shape index (κ1) is 17.0. The number of hydrogen-bond donors (Lipinski definition) is 1. The van der Waals surface area contributed by atoms with E-state index in [1.165, 1.54) is 25.0 Å². The number of carbonyl (C=O) groups is 2. The quantitative estimate of drug-likeness (QED) is 0.899. The second-order valence-corrected chi connectivity index (χ2v) is 8.55. The number of nitrogens with zero attached hydrogens (tertiary/aromatic N) is 1. The van der Waals surface area contributed by atoms with Gasteiger partial charge in [0, 0.05) is 12.1 Å². The second-order valence-electron chi connectivity index (χ2n) is 6.69. The second kappa shape index (κ2) is 6.55. The van der Waals surface area contributed by atoms with E-state index in [9.17, 15) is 18.0 Å². The Morgan fingerprint density at radius 2 is 1.83 bits per heavy atom. The molecule has 1 aromatic rings. The first-order valence-corrected chi connectivity index (χ1v) is 9.94. The number of sulfonamides is 1. The fourth-order valence-electron chi connectivity index (χ4n) is 3.39. The van der Waals surface area contributed by atoms with Crippen molar-refractivity contribution in [3.05, 3.63) is 29.8 Å². The lowest BCUT2D eigenvalue weighted by Gasteiger charge is -2.16. The maximum Gasteiger partial charge on any atom is 0.251 e. The van der Waals surface area contributed by atoms with Gasteiger partial charge in [0.2, 0.25) is 15.9 Å². The van der Waals surface area contributed by atoms with Crippen molar-refractivity contribution >= 4 is 27.5 Å². The van der Waals surface area contributed by atoms with E-state index in [1.807, 2.05) is 0 Å². The summed E-state index contributed by atoms with van der Waals surface area (Å²) in [5.74, 6) is -0.743. The van der Waals surface area contributed by atoms with Crippen LogP contribution in [0.5, 0.6) is 0 Å². The van der Waals surface area contributed by atoms with Crippen molar-refractivity contribution < 1.29 is 18.0 Å². The average molecular weight is 350 g/mol. The highest BCUT2D eigenvalue weighted by Gasteiger charge is 2.41. The number of anilines is 1. The molecular weight excluding hydrogens is 328 g/mol. The van der Waals surface area contributed by atoms with E-state index in [2.05, 4.69) is 5.32 Å². The molecule has 1 saturated carbocycles. The molecule has 130 valence electrons. The van der Waals surface area contributed by atoms with Crippen LogP contribution in [0.4, 0.5) is 5.69 Å². The van der Waals surface area contributed by atoms with Crippen LogP contribution in [0.3, 0.4) is 0 Å². The van der Waals surface area contributed by atoms with Crippen molar-refractivity contribution in [1.29, 1.82) is 0 Å². The molecule has 1 heterocycles. The molecule has 1 aromatic carbocycles. The van der Waals surface area contributed by atoms with Crippen molar-refractivity contribution in [2.75, 3.05) is 16.6 Å². The topological polar surface area (TPSA) is 83.6 Å². The SMILES string of the molecule is CC1CS(=O)(=O)N(c2ccc(C(=O)NCC3CCCC3)cc2)C1=O. The van der Waals surface area contributed by atoms with Gasteiger partial charge in [-0.05, 0) is 43.0 Å². The Bertz CT molecular complexity index is 736. The first-order chi connectivity index (χ1) is 11.4. The van der Waals surface area contributed by atoms with Gasteiger partial charge in [-0.25, -0.2) is 12.7 Å². The summed E-state index contributed by atoms with van der Waals surface area (Å²) >= 11 is 0. The van der Waals surface area contributed by atoms with Gasteiger partial charge in [-0.3, -0.25) is 9.59 Å². The zero-order valence-corrected chi connectivity index (χ0v) is 14.5. The van der Waals surface area contributed by atoms with Crippen LogP contribution >= 0.6 is 0 Å². The molecule has 24 heavy (non-hydrogen) atoms. The maximum atomic E-state index is 12.2. The van der Waals surface area contributed by atoms with Crippen LogP contribution in [-0.2, 0) is 14.8 Å². The standard InChI is InChI=1S/C17H22N2O4S/c1-12-11-24(22,23)19(17(12)21)15-8-6-14(7-9-15)16(20)18-10-13-4-2-3-5-13/h6-9,12-13H,2-5,10-11H2,1H3,(H,18,20). The van der Waals surface area contributed by atoms with Crippen molar-refractivity contribution in [1.82, 2.24) is 5.32 Å². The predicted octanol–water partition coefficient (Wildman–Crippen LogP) is 1.92. The Morgan fingerprint density at radius 3 is 2.38 bits per heavy atom. The summed E-state index contributed by atoms with van der Waals surface area (Å²) in [4.78, 5) is 24.2. The summed E-state index contributed by atoms with van der Waals surface area (Å²) in [6.07, 6.45) is 4.77. The highest BCUT2D eigenvalue weighted by molar-refractivity contribution is 7.94. The highest BCUT2D eigenvalue weighted by Crippen LogP contribution is 2.28. The number of hydrogen-bond acceptors (Lipinski definition) is 4. The summed E-state index contributed by atoms with van der Waals surface area (Å²) in [6, 6.07) is 6.14. The molecule has 1 saturated heterocycles. The molecule has 7 heteroatoms. The molecule has 1 N–H and O–H groups in total. The van der Waals surface area contributed by atoms with E-state index in [0.29, 0.717) is 18.0 Å². The number of benzene rings is 1. The Hall–Kier alpha value is -1.89. The van der Waals surface area contributed by atoms with E-state index in [-0.39, 0.29) is 17.3 Å². The van der Waals surface area contributed by atoms with Crippen LogP contribution < -0.4 is 9.62 Å². The fourth-order valence-corrected chi connectivity index (χ4v) is 5.21. The zero-order chi connectivity index (χ0) is 17.3. The molecule has 2 aliphatic rings. The van der Waals surface area contributed by atoms with Gasteiger partial charge in [-0.2, -0.15) is 0 Å². The van der Waals surface area contributed by atoms with Gasteiger partial charge in [0.15, 0.2) is 0 Å². The third-order valence-corrected chi connectivity index (χ3v) is 6.62. The summed E-state index contributed by atoms with van der Waals surface area (Å²) < 4.78 is 25.0. The number of carbonyl (C=O) groups excluding carboxylic acids is 2. The molecule has 0 radical (unpaired) electrons. The van der Waals surface area contributed by atoms with Gasteiger partial charge >= 0.3 is 0 Å². The minimum absolute atomic E-state index is 0.169. The molecule has 2 amide bonds. The van der Waals surface area contributed by atoms with Gasteiger partial charge in [0.25, 0.3) is 5.91 Å². The number of nitrogens with one attached hydrogen (secondary N) is 1. The molecule has 6 nitrogen and oxygen atoms in total. The Balaban J connectivity index is 1.69. The molecule has 0 aromatic heterocycles. The van der Waals surface area contributed by atoms with E-state index in [1.54, 1.807) is 19.1 Å². The smallest absolute Gasteiger partial charge is 0.251 e. The molecule has 0 spiro atoms. The van der Waals surface area contributed by atoms with Gasteiger partial charge < -0.3 is 5.32 Å². The van der Waals surface area contributed by atoms with E-state index in [4.69, 9.17) is 0 Å². The van der Waals surface area contributed by atoms with Gasteiger partial charge in [0.05, 0.1) is 17.4 Å². The van der Waals surface area contributed by atoms with Crippen molar-refractivity contribution in [3.8, 4) is 0 Å². The van der Waals surface area contributed by atoms with Crippen LogP contribution in [0.1, 0.15) is 43.0 Å². The molecule has 3 rings (SSSR count). The molecule has 1 atom stereocenters. The third-order valence-electron chi connectivity index (χ3n) is 4.75. The van der Waals surface area contributed by atoms with Gasteiger partial charge in [0.1, 0.15) is 0 Å². The molecule has 2 fully saturated rings. The largest absolute Gasteiger partial charge is 0.352 e. The summed E-state index contributed by atoms with van der Waals surface area (Å²) in [5.41, 5.74) is 0.755. The van der Waals surface area contributed by atoms with Crippen molar-refractivity contribution in [2.24, 2.45) is 11.8 Å². The molecule has 1 unspecified atom stereocenters. The molecule has 0 bridgehead atoms. The van der Waals surface area contributed by atoms with Crippen molar-refractivity contribution in [2.45, 2.75) is 32.6 Å². The summed E-state index contributed by atoms with van der Waals surface area (Å²) in [7, 11) is -3.61. The average Bonchev–Trinajstić information content (AvgIpc) is 3.12. The minimum Gasteiger partial charge on any atom is -0.352 e. The maximum absolute atomic E-state index is 12.2. The van der Waals surface area contributed by atoms with Crippen LogP contribution in [0.2, 0.25) is 0 Å². The van der Waals surface area contributed by atoms with E-state index < -0.39 is 21.8 Å². The zero-order valence-electron chi connectivity index (χ0n) is 13.7. The Morgan fingerprint density at radius 1 is 1.21 bits per heavy atom. The Kier molecular flexibility index (Phi) is 4.62. The fraction of sp³-hybridized carbons (Fsp3) is 0.529. The van der Waals surface area contributed by atoms with E-state index in [0.717, 1.165) is 17.1 Å². The van der Waals surface area contributed by atoms with Crippen LogP contribution in [0, 0.1) is 11.8 Å². The van der Waals surface area contributed by atoms with Gasteiger partial charge in [-0.15, -0.1) is 0 Å². The Labute approximate surface area is 142 Å². The highest BCUT2D eigenvalue weighted by atomic mass is 32.2. The molecule has 1 aliphatic carbocycles. The van der Waals surface area contributed by atoms with Gasteiger partial charge in [-0.1, -0.05) is 19.8 Å². The third kappa shape index (κ3) is 3.31. The van der Waals surface area contributed by atoms with Crippen LogP contribution in [0.15, 0.2) is 24.3 Å². The van der Waals surface area contributed by atoms with Crippen LogP contribution in [-0.4, -0.2) is 32.5 Å². The lowest BCUT2D eigenvalue weighted by atomic mass is 10.1. The number of rotatable bonds is 4. The lowest BCUT2D eigenvalue weighted by molar-refractivity contribution is -0.119. The molecular formula is C17H22N2O4S. The first-order valence-electron chi connectivity index (χ1n) is 8.33. The minimum atomic E-state index is -3.61.